The summed E-state index contributed by atoms with van der Waals surface area (Å²) < 4.78 is 12.3. The Bertz CT molecular complexity index is 1070. The number of aromatic hydroxyl groups is 1. The van der Waals surface area contributed by atoms with Gasteiger partial charge in [-0.2, -0.15) is 5.10 Å². The summed E-state index contributed by atoms with van der Waals surface area (Å²) in [5.74, 6) is 1.72. The summed E-state index contributed by atoms with van der Waals surface area (Å²) in [4.78, 5) is 4.12. The SMILES string of the molecule is CCOc1cccc2c1O[C@H](c1ccncc1)N1N=C(c3ccccc3O)C[C@H]21. The number of hydrazone groups is 1. The van der Waals surface area contributed by atoms with Gasteiger partial charge in [-0.05, 0) is 37.3 Å². The van der Waals surface area contributed by atoms with Crippen LogP contribution >= 0.6 is 0 Å². The summed E-state index contributed by atoms with van der Waals surface area (Å²) in [6.45, 7) is 2.53. The number of nitrogens with zero attached hydrogens (tertiary/aromatic N) is 3. The molecule has 5 rings (SSSR count). The predicted octanol–water partition coefficient (Wildman–Crippen LogP) is 4.43. The second-order valence-electron chi connectivity index (χ2n) is 7.02. The second kappa shape index (κ2) is 7.13. The summed E-state index contributed by atoms with van der Waals surface area (Å²) in [5.41, 5.74) is 3.59. The molecule has 2 atom stereocenters. The standard InChI is InChI=1S/C23H21N3O3/c1-2-28-21-9-5-7-17-19-14-18(16-6-3-4-8-20(16)27)25-26(19)23(29-22(17)21)15-10-12-24-13-11-15/h3-13,19,23,27H,2,14H2,1H3/t19-,23-/m1/s1. The number of hydrogen-bond acceptors (Lipinski definition) is 6. The van der Waals surface area contributed by atoms with Crippen LogP contribution in [0.25, 0.3) is 0 Å². The molecule has 2 aliphatic rings. The van der Waals surface area contributed by atoms with E-state index in [2.05, 4.69) is 11.1 Å². The number of fused-ring (bicyclic) bond motifs is 3. The molecule has 1 N–H and O–H groups in total. The zero-order valence-electron chi connectivity index (χ0n) is 16.0. The molecule has 3 heterocycles. The van der Waals surface area contributed by atoms with Gasteiger partial charge >= 0.3 is 0 Å². The molecule has 6 heteroatoms. The summed E-state index contributed by atoms with van der Waals surface area (Å²) >= 11 is 0. The average Bonchev–Trinajstić information content (AvgIpc) is 3.20. The highest BCUT2D eigenvalue weighted by Gasteiger charge is 2.42. The average molecular weight is 387 g/mol. The van der Waals surface area contributed by atoms with E-state index in [0.717, 1.165) is 33.9 Å². The third kappa shape index (κ3) is 2.97. The van der Waals surface area contributed by atoms with Crippen LogP contribution in [0.2, 0.25) is 0 Å². The van der Waals surface area contributed by atoms with Crippen molar-refractivity contribution in [3.8, 4) is 17.2 Å². The van der Waals surface area contributed by atoms with E-state index < -0.39 is 6.23 Å². The number of phenols is 1. The van der Waals surface area contributed by atoms with Gasteiger partial charge in [0.15, 0.2) is 11.5 Å². The lowest BCUT2D eigenvalue weighted by Crippen LogP contribution is -2.33. The molecule has 0 aliphatic carbocycles. The fourth-order valence-corrected chi connectivity index (χ4v) is 3.98. The van der Waals surface area contributed by atoms with Crippen LogP contribution in [0.1, 0.15) is 42.3 Å². The first-order valence-corrected chi connectivity index (χ1v) is 9.72. The maximum Gasteiger partial charge on any atom is 0.214 e. The molecular weight excluding hydrogens is 366 g/mol. The van der Waals surface area contributed by atoms with Crippen LogP contribution in [0.3, 0.4) is 0 Å². The number of rotatable bonds is 4. The minimum Gasteiger partial charge on any atom is -0.507 e. The lowest BCUT2D eigenvalue weighted by atomic mass is 9.95. The minimum absolute atomic E-state index is 0.00747. The zero-order chi connectivity index (χ0) is 19.8. The highest BCUT2D eigenvalue weighted by Crippen LogP contribution is 2.50. The van der Waals surface area contributed by atoms with Crippen LogP contribution < -0.4 is 9.47 Å². The quantitative estimate of drug-likeness (QED) is 0.717. The van der Waals surface area contributed by atoms with E-state index in [0.29, 0.717) is 13.0 Å². The van der Waals surface area contributed by atoms with Crippen molar-refractivity contribution in [3.63, 3.8) is 0 Å². The molecule has 0 unspecified atom stereocenters. The third-order valence-corrected chi connectivity index (χ3v) is 5.29. The Labute approximate surface area is 169 Å². The first-order chi connectivity index (χ1) is 14.3. The lowest BCUT2D eigenvalue weighted by Gasteiger charge is -2.38. The fraction of sp³-hybridized carbons (Fsp3) is 0.217. The van der Waals surface area contributed by atoms with Crippen molar-refractivity contribution in [2.75, 3.05) is 6.61 Å². The van der Waals surface area contributed by atoms with Crippen molar-refractivity contribution in [2.45, 2.75) is 25.6 Å². The van der Waals surface area contributed by atoms with E-state index in [4.69, 9.17) is 14.6 Å². The molecule has 2 aliphatic heterocycles. The normalized spacial score (nSPS) is 19.8. The maximum absolute atomic E-state index is 10.3. The lowest BCUT2D eigenvalue weighted by molar-refractivity contribution is -0.0212. The molecule has 0 saturated carbocycles. The van der Waals surface area contributed by atoms with Crippen molar-refractivity contribution < 1.29 is 14.6 Å². The number of phenolic OH excluding ortho intramolecular Hbond substituents is 1. The van der Waals surface area contributed by atoms with Gasteiger partial charge in [-0.25, -0.2) is 5.01 Å². The molecular formula is C23H21N3O3. The van der Waals surface area contributed by atoms with Gasteiger partial charge in [0, 0.05) is 35.5 Å². The smallest absolute Gasteiger partial charge is 0.214 e. The molecule has 3 aromatic rings. The van der Waals surface area contributed by atoms with Gasteiger partial charge in [0.25, 0.3) is 0 Å². The van der Waals surface area contributed by atoms with Crippen LogP contribution in [0.4, 0.5) is 0 Å². The molecule has 0 spiro atoms. The first-order valence-electron chi connectivity index (χ1n) is 9.72. The Hall–Kier alpha value is -3.54. The highest BCUT2D eigenvalue weighted by atomic mass is 16.5. The van der Waals surface area contributed by atoms with Gasteiger partial charge in [0.2, 0.25) is 6.23 Å². The van der Waals surface area contributed by atoms with Crippen LogP contribution in [-0.2, 0) is 0 Å². The zero-order valence-corrected chi connectivity index (χ0v) is 16.0. The van der Waals surface area contributed by atoms with Crippen LogP contribution in [0, 0.1) is 0 Å². The molecule has 0 amide bonds. The Morgan fingerprint density at radius 1 is 1.10 bits per heavy atom. The molecule has 29 heavy (non-hydrogen) atoms. The van der Waals surface area contributed by atoms with E-state index >= 15 is 0 Å². The highest BCUT2D eigenvalue weighted by molar-refractivity contribution is 6.04. The van der Waals surface area contributed by atoms with Crippen LogP contribution in [0.5, 0.6) is 17.2 Å². The van der Waals surface area contributed by atoms with Gasteiger partial charge in [-0.3, -0.25) is 4.98 Å². The molecule has 0 radical (unpaired) electrons. The van der Waals surface area contributed by atoms with E-state index in [1.807, 2.05) is 54.4 Å². The molecule has 2 aromatic carbocycles. The molecule has 1 aromatic heterocycles. The van der Waals surface area contributed by atoms with E-state index in [1.54, 1.807) is 18.5 Å². The monoisotopic (exact) mass is 387 g/mol. The van der Waals surface area contributed by atoms with Crippen molar-refractivity contribution in [2.24, 2.45) is 5.10 Å². The van der Waals surface area contributed by atoms with Crippen LogP contribution in [0.15, 0.2) is 72.1 Å². The Morgan fingerprint density at radius 2 is 1.93 bits per heavy atom. The molecule has 0 bridgehead atoms. The number of hydrogen-bond donors (Lipinski definition) is 1. The van der Waals surface area contributed by atoms with Gasteiger partial charge in [0.05, 0.1) is 18.4 Å². The number of aromatic nitrogens is 1. The molecule has 0 fully saturated rings. The first kappa shape index (κ1) is 17.6. The Kier molecular flexibility index (Phi) is 4.31. The molecule has 146 valence electrons. The summed E-state index contributed by atoms with van der Waals surface area (Å²) in [5, 5.41) is 17.2. The second-order valence-corrected chi connectivity index (χ2v) is 7.02. The summed E-state index contributed by atoms with van der Waals surface area (Å²) in [7, 11) is 0. The molecule has 0 saturated heterocycles. The maximum atomic E-state index is 10.3. The summed E-state index contributed by atoms with van der Waals surface area (Å²) in [6, 6.07) is 17.1. The topological polar surface area (TPSA) is 67.2 Å². The number of ether oxygens (including phenoxy) is 2. The van der Waals surface area contributed by atoms with Gasteiger partial charge in [-0.15, -0.1) is 0 Å². The number of para-hydroxylation sites is 2. The van der Waals surface area contributed by atoms with Gasteiger partial charge in [-0.1, -0.05) is 24.3 Å². The Balaban J connectivity index is 1.63. The van der Waals surface area contributed by atoms with Crippen molar-refractivity contribution in [3.05, 3.63) is 83.7 Å². The van der Waals surface area contributed by atoms with E-state index in [1.165, 1.54) is 0 Å². The van der Waals surface area contributed by atoms with E-state index in [-0.39, 0.29) is 11.8 Å². The minimum atomic E-state index is -0.402. The van der Waals surface area contributed by atoms with Crippen molar-refractivity contribution in [1.82, 2.24) is 9.99 Å². The Morgan fingerprint density at radius 3 is 2.72 bits per heavy atom. The largest absolute Gasteiger partial charge is 0.507 e. The number of pyridine rings is 1. The van der Waals surface area contributed by atoms with Crippen molar-refractivity contribution >= 4 is 5.71 Å². The van der Waals surface area contributed by atoms with Crippen molar-refractivity contribution in [1.29, 1.82) is 0 Å². The van der Waals surface area contributed by atoms with Gasteiger partial charge in [0.1, 0.15) is 5.75 Å². The molecule has 6 nitrogen and oxygen atoms in total. The summed E-state index contributed by atoms with van der Waals surface area (Å²) in [6.07, 6.45) is 3.77. The van der Waals surface area contributed by atoms with Gasteiger partial charge < -0.3 is 14.6 Å². The number of benzene rings is 2. The predicted molar refractivity (Wildman–Crippen MR) is 109 cm³/mol. The van der Waals surface area contributed by atoms with E-state index in [9.17, 15) is 5.11 Å². The van der Waals surface area contributed by atoms with Crippen LogP contribution in [-0.4, -0.2) is 27.4 Å². The third-order valence-electron chi connectivity index (χ3n) is 5.29. The fourth-order valence-electron chi connectivity index (χ4n) is 3.98.